The van der Waals surface area contributed by atoms with Gasteiger partial charge in [0.15, 0.2) is 0 Å². The van der Waals surface area contributed by atoms with Crippen molar-refractivity contribution in [3.8, 4) is 0 Å². The number of rotatable bonds is 10. The maximum absolute atomic E-state index is 12.8. The Labute approximate surface area is 244 Å². The van der Waals surface area contributed by atoms with E-state index >= 15 is 0 Å². The molecule has 0 saturated carbocycles. The highest BCUT2D eigenvalue weighted by atomic mass is 16.1. The number of allylic oxidation sites excluding steroid dienone is 2. The molecule has 1 fully saturated rings. The second-order valence-corrected chi connectivity index (χ2v) is 9.73. The maximum Gasteiger partial charge on any atom is 0.228 e. The van der Waals surface area contributed by atoms with E-state index in [0.29, 0.717) is 29.3 Å². The molecular formula is C33H43N7O. The Hall–Kier alpha value is -4.14. The number of anilines is 3. The summed E-state index contributed by atoms with van der Waals surface area (Å²) in [4.78, 5) is 30.6. The number of amides is 1. The van der Waals surface area contributed by atoms with Crippen molar-refractivity contribution < 1.29 is 4.79 Å². The molecule has 0 unspecified atom stereocenters. The van der Waals surface area contributed by atoms with Crippen LogP contribution in [0, 0.1) is 0 Å². The summed E-state index contributed by atoms with van der Waals surface area (Å²) in [5, 5.41) is 6.19. The Kier molecular flexibility index (Phi) is 12.9. The number of benzene rings is 2. The fourth-order valence-electron chi connectivity index (χ4n) is 4.36. The number of likely N-dealkylation sites (N-methyl/N-ethyl adjacent to an activating group) is 1. The molecule has 216 valence electrons. The highest BCUT2D eigenvalue weighted by molar-refractivity contribution is 6.08. The van der Waals surface area contributed by atoms with Crippen LogP contribution in [0.25, 0.3) is 5.57 Å². The quantitative estimate of drug-likeness (QED) is 0.292. The van der Waals surface area contributed by atoms with Gasteiger partial charge in [0.05, 0.1) is 12.1 Å². The summed E-state index contributed by atoms with van der Waals surface area (Å²) in [5.74, 6) is 0.370. The van der Waals surface area contributed by atoms with Gasteiger partial charge in [0.2, 0.25) is 11.9 Å². The highest BCUT2D eigenvalue weighted by Gasteiger charge is 2.12. The lowest BCUT2D eigenvalue weighted by Crippen LogP contribution is -2.28. The molecule has 0 aliphatic carbocycles. The molecular weight excluding hydrogens is 510 g/mol. The molecule has 1 aromatic heterocycles. The van der Waals surface area contributed by atoms with Gasteiger partial charge in [-0.05, 0) is 68.9 Å². The van der Waals surface area contributed by atoms with E-state index in [1.54, 1.807) is 24.7 Å². The van der Waals surface area contributed by atoms with Gasteiger partial charge in [-0.2, -0.15) is 0 Å². The Bertz CT molecular complexity index is 1320. The molecule has 2 aromatic carbocycles. The zero-order chi connectivity index (χ0) is 29.5. The van der Waals surface area contributed by atoms with Crippen LogP contribution in [0.2, 0.25) is 0 Å². The van der Waals surface area contributed by atoms with Crippen molar-refractivity contribution in [2.75, 3.05) is 43.9 Å². The van der Waals surface area contributed by atoms with Crippen molar-refractivity contribution in [1.82, 2.24) is 19.8 Å². The minimum atomic E-state index is -0.0644. The van der Waals surface area contributed by atoms with E-state index in [2.05, 4.69) is 73.3 Å². The molecule has 1 saturated heterocycles. The summed E-state index contributed by atoms with van der Waals surface area (Å²) < 4.78 is 0. The van der Waals surface area contributed by atoms with Crippen molar-refractivity contribution in [1.29, 1.82) is 0 Å². The molecule has 2 N–H and O–H groups in total. The Morgan fingerprint density at radius 2 is 1.78 bits per heavy atom. The Balaban J connectivity index is 0.00000226. The predicted octanol–water partition coefficient (Wildman–Crippen LogP) is 6.18. The molecule has 0 spiro atoms. The predicted molar refractivity (Wildman–Crippen MR) is 172 cm³/mol. The van der Waals surface area contributed by atoms with Gasteiger partial charge in [-0.1, -0.05) is 56.8 Å². The molecule has 1 amide bonds. The van der Waals surface area contributed by atoms with Gasteiger partial charge in [0.1, 0.15) is 0 Å². The van der Waals surface area contributed by atoms with Gasteiger partial charge >= 0.3 is 0 Å². The largest absolute Gasteiger partial charge is 0.326 e. The van der Waals surface area contributed by atoms with Crippen LogP contribution >= 0.6 is 0 Å². The van der Waals surface area contributed by atoms with Gasteiger partial charge < -0.3 is 15.5 Å². The van der Waals surface area contributed by atoms with Gasteiger partial charge in [-0.3, -0.25) is 14.7 Å². The lowest BCUT2D eigenvalue weighted by molar-refractivity contribution is -0.115. The SMILES string of the molecule is C=C(C=N/C=C\C)c1ccnc(Nc2cccc(NC(=O)Cc3ccc(CN4CCCN(C)CC4)cc3)c2)n1.CC. The van der Waals surface area contributed by atoms with E-state index in [-0.39, 0.29) is 5.91 Å². The van der Waals surface area contributed by atoms with Crippen LogP contribution in [-0.2, 0) is 17.8 Å². The highest BCUT2D eigenvalue weighted by Crippen LogP contribution is 2.20. The number of nitrogens with zero attached hydrogens (tertiary/aromatic N) is 5. The van der Waals surface area contributed by atoms with E-state index < -0.39 is 0 Å². The number of aliphatic imine (C=N–C) groups is 1. The molecule has 1 aliphatic rings. The molecule has 2 heterocycles. The molecule has 0 bridgehead atoms. The third-order valence-corrected chi connectivity index (χ3v) is 6.46. The van der Waals surface area contributed by atoms with Crippen molar-refractivity contribution in [3.05, 3.63) is 96.5 Å². The second-order valence-electron chi connectivity index (χ2n) is 9.73. The van der Waals surface area contributed by atoms with E-state index in [1.165, 1.54) is 12.0 Å². The minimum absolute atomic E-state index is 0.0644. The third-order valence-electron chi connectivity index (χ3n) is 6.46. The Morgan fingerprint density at radius 1 is 1.02 bits per heavy atom. The molecule has 8 heteroatoms. The first kappa shape index (κ1) is 31.4. The van der Waals surface area contributed by atoms with Crippen LogP contribution < -0.4 is 10.6 Å². The average molecular weight is 554 g/mol. The van der Waals surface area contributed by atoms with Crippen molar-refractivity contribution in [3.63, 3.8) is 0 Å². The summed E-state index contributed by atoms with van der Waals surface area (Å²) in [5.41, 5.74) is 5.10. The average Bonchev–Trinajstić information content (AvgIpc) is 3.19. The molecule has 1 aliphatic heterocycles. The summed E-state index contributed by atoms with van der Waals surface area (Å²) >= 11 is 0. The van der Waals surface area contributed by atoms with E-state index in [4.69, 9.17) is 0 Å². The van der Waals surface area contributed by atoms with Crippen LogP contribution in [-0.4, -0.2) is 65.1 Å². The lowest BCUT2D eigenvalue weighted by atomic mass is 10.1. The number of aromatic nitrogens is 2. The smallest absolute Gasteiger partial charge is 0.228 e. The van der Waals surface area contributed by atoms with Crippen LogP contribution in [0.4, 0.5) is 17.3 Å². The standard InChI is InChI=1S/C31H37N7O.C2H6/c1-4-14-32-22-24(2)29-13-15-33-31(36-29)35-28-8-5-7-27(21-28)34-30(39)20-25-9-11-26(12-10-25)23-38-17-6-16-37(3)18-19-38;1-2/h4-5,7-15,21-22H,2,6,16-20,23H2,1,3H3,(H,34,39)(H,33,35,36);1-2H3/b14-4-,32-22?;. The first-order valence-corrected chi connectivity index (χ1v) is 14.3. The minimum Gasteiger partial charge on any atom is -0.326 e. The molecule has 0 atom stereocenters. The topological polar surface area (TPSA) is 85.7 Å². The molecule has 3 aromatic rings. The van der Waals surface area contributed by atoms with Crippen LogP contribution in [0.15, 0.2) is 84.6 Å². The van der Waals surface area contributed by atoms with Crippen molar-refractivity contribution >= 4 is 35.0 Å². The van der Waals surface area contributed by atoms with Crippen LogP contribution in [0.3, 0.4) is 0 Å². The van der Waals surface area contributed by atoms with Crippen molar-refractivity contribution in [2.45, 2.75) is 40.2 Å². The number of nitrogens with one attached hydrogen (secondary N) is 2. The van der Waals surface area contributed by atoms with E-state index in [9.17, 15) is 4.79 Å². The lowest BCUT2D eigenvalue weighted by Gasteiger charge is -2.20. The Morgan fingerprint density at radius 3 is 2.56 bits per heavy atom. The number of carbonyl (C=O) groups excluding carboxylic acids is 1. The fraction of sp³-hybridized carbons (Fsp3) is 0.333. The summed E-state index contributed by atoms with van der Waals surface area (Å²) in [6.07, 6.45) is 8.38. The fourth-order valence-corrected chi connectivity index (χ4v) is 4.36. The van der Waals surface area contributed by atoms with Crippen molar-refractivity contribution in [2.24, 2.45) is 4.99 Å². The third kappa shape index (κ3) is 10.7. The monoisotopic (exact) mass is 553 g/mol. The van der Waals surface area contributed by atoms with Gasteiger partial charge in [-0.15, -0.1) is 0 Å². The van der Waals surface area contributed by atoms with Gasteiger partial charge in [0.25, 0.3) is 0 Å². The zero-order valence-electron chi connectivity index (χ0n) is 24.8. The van der Waals surface area contributed by atoms with Gasteiger partial charge in [-0.25, -0.2) is 9.97 Å². The van der Waals surface area contributed by atoms with Gasteiger partial charge in [0, 0.05) is 55.2 Å². The number of hydrogen-bond acceptors (Lipinski definition) is 7. The zero-order valence-corrected chi connectivity index (χ0v) is 24.8. The second kappa shape index (κ2) is 16.8. The maximum atomic E-state index is 12.8. The number of hydrogen-bond donors (Lipinski definition) is 2. The first-order valence-electron chi connectivity index (χ1n) is 14.3. The summed E-state index contributed by atoms with van der Waals surface area (Å²) in [7, 11) is 2.19. The normalized spacial score (nSPS) is 14.3. The first-order chi connectivity index (χ1) is 20.0. The summed E-state index contributed by atoms with van der Waals surface area (Å²) in [6.45, 7) is 15.3. The molecule has 4 rings (SSSR count). The summed E-state index contributed by atoms with van der Waals surface area (Å²) in [6, 6.07) is 17.7. The van der Waals surface area contributed by atoms with Crippen LogP contribution in [0.5, 0.6) is 0 Å². The molecule has 8 nitrogen and oxygen atoms in total. The number of carbonyl (C=O) groups is 1. The molecule has 0 radical (unpaired) electrons. The van der Waals surface area contributed by atoms with Crippen LogP contribution in [0.1, 0.15) is 44.0 Å². The van der Waals surface area contributed by atoms with E-state index in [1.807, 2.05) is 51.1 Å². The molecule has 41 heavy (non-hydrogen) atoms. The van der Waals surface area contributed by atoms with E-state index in [0.717, 1.165) is 44.0 Å².